The number of anilines is 1. The number of benzene rings is 1. The first kappa shape index (κ1) is 13.9. The number of hydrogen-bond acceptors (Lipinski definition) is 2. The Morgan fingerprint density at radius 2 is 2.11 bits per heavy atom. The zero-order valence-corrected chi connectivity index (χ0v) is 12.0. The molecular weight excluding hydrogens is 238 g/mol. The lowest BCUT2D eigenvalue weighted by atomic mass is 9.88. The van der Waals surface area contributed by atoms with E-state index in [2.05, 4.69) is 30.0 Å². The minimum absolute atomic E-state index is 0.168. The zero-order chi connectivity index (χ0) is 14.0. The Balaban J connectivity index is 2.40. The van der Waals surface area contributed by atoms with Crippen LogP contribution in [-0.4, -0.2) is 25.2 Å². The highest BCUT2D eigenvalue weighted by Crippen LogP contribution is 2.47. The first-order valence-electron chi connectivity index (χ1n) is 7.04. The molecule has 104 valence electrons. The maximum Gasteiger partial charge on any atom is 0.303 e. The van der Waals surface area contributed by atoms with Crippen LogP contribution in [0.5, 0.6) is 0 Å². The van der Waals surface area contributed by atoms with Crippen LogP contribution < -0.4 is 4.90 Å². The maximum atomic E-state index is 11.1. The minimum atomic E-state index is -0.691. The molecule has 0 spiro atoms. The summed E-state index contributed by atoms with van der Waals surface area (Å²) in [5, 5.41) is 9.16. The lowest BCUT2D eigenvalue weighted by molar-refractivity contribution is -0.137. The standard InChI is InChI=1S/C16H23NO2/c1-4-11-5-8-15(17(2)3)14(9-11)13(10-16(18)19)12-6-7-12/h5,8-9,12-13H,4,6-7,10H2,1-3H3,(H,18,19). The fourth-order valence-corrected chi connectivity index (χ4v) is 2.75. The van der Waals surface area contributed by atoms with Gasteiger partial charge >= 0.3 is 5.97 Å². The number of carbonyl (C=O) groups is 1. The van der Waals surface area contributed by atoms with Gasteiger partial charge in [0.15, 0.2) is 0 Å². The van der Waals surface area contributed by atoms with Crippen LogP contribution >= 0.6 is 0 Å². The van der Waals surface area contributed by atoms with E-state index in [9.17, 15) is 4.79 Å². The summed E-state index contributed by atoms with van der Waals surface area (Å²) in [6, 6.07) is 6.48. The predicted molar refractivity (Wildman–Crippen MR) is 77.9 cm³/mol. The van der Waals surface area contributed by atoms with E-state index < -0.39 is 5.97 Å². The summed E-state index contributed by atoms with van der Waals surface area (Å²) < 4.78 is 0. The van der Waals surface area contributed by atoms with Gasteiger partial charge in [-0.2, -0.15) is 0 Å². The molecule has 3 nitrogen and oxygen atoms in total. The Kier molecular flexibility index (Phi) is 4.13. The van der Waals surface area contributed by atoms with E-state index in [0.29, 0.717) is 5.92 Å². The first-order chi connectivity index (χ1) is 9.02. The molecule has 1 atom stereocenters. The molecule has 1 aromatic carbocycles. The highest BCUT2D eigenvalue weighted by atomic mass is 16.4. The zero-order valence-electron chi connectivity index (χ0n) is 12.0. The van der Waals surface area contributed by atoms with Gasteiger partial charge in [-0.1, -0.05) is 19.1 Å². The second-order valence-corrected chi connectivity index (χ2v) is 5.68. The molecule has 1 saturated carbocycles. The number of nitrogens with zero attached hydrogens (tertiary/aromatic N) is 1. The van der Waals surface area contributed by atoms with Crippen LogP contribution in [0.1, 0.15) is 43.2 Å². The van der Waals surface area contributed by atoms with Gasteiger partial charge in [-0.15, -0.1) is 0 Å². The van der Waals surface area contributed by atoms with Crippen molar-refractivity contribution < 1.29 is 9.90 Å². The van der Waals surface area contributed by atoms with Crippen LogP contribution in [0.25, 0.3) is 0 Å². The van der Waals surface area contributed by atoms with E-state index in [4.69, 9.17) is 5.11 Å². The molecule has 2 rings (SSSR count). The van der Waals surface area contributed by atoms with Gasteiger partial charge in [0.1, 0.15) is 0 Å². The Morgan fingerprint density at radius 1 is 1.42 bits per heavy atom. The van der Waals surface area contributed by atoms with Gasteiger partial charge in [0.25, 0.3) is 0 Å². The molecule has 0 bridgehead atoms. The molecule has 1 aliphatic rings. The second kappa shape index (κ2) is 5.64. The monoisotopic (exact) mass is 261 g/mol. The number of hydrogen-bond donors (Lipinski definition) is 1. The van der Waals surface area contributed by atoms with E-state index >= 15 is 0 Å². The lowest BCUT2D eigenvalue weighted by Crippen LogP contribution is -2.16. The molecule has 3 heteroatoms. The smallest absolute Gasteiger partial charge is 0.303 e. The number of rotatable bonds is 6. The predicted octanol–water partition coefficient (Wildman–Crippen LogP) is 3.28. The Hall–Kier alpha value is -1.51. The maximum absolute atomic E-state index is 11.1. The molecule has 0 radical (unpaired) electrons. The van der Waals surface area contributed by atoms with Gasteiger partial charge in [-0.25, -0.2) is 0 Å². The average molecular weight is 261 g/mol. The summed E-state index contributed by atoms with van der Waals surface area (Å²) in [5.74, 6) is 0.0341. The molecule has 1 aliphatic carbocycles. The van der Waals surface area contributed by atoms with Gasteiger partial charge in [-0.05, 0) is 48.3 Å². The largest absolute Gasteiger partial charge is 0.481 e. The van der Waals surface area contributed by atoms with Crippen LogP contribution in [0.2, 0.25) is 0 Å². The third-order valence-electron chi connectivity index (χ3n) is 3.97. The van der Waals surface area contributed by atoms with E-state index in [0.717, 1.165) is 12.1 Å². The minimum Gasteiger partial charge on any atom is -0.481 e. The number of carboxylic acid groups (broad SMARTS) is 1. The van der Waals surface area contributed by atoms with E-state index in [1.807, 2.05) is 14.1 Å². The molecule has 1 N–H and O–H groups in total. The normalized spacial score (nSPS) is 16.2. The van der Waals surface area contributed by atoms with Crippen molar-refractivity contribution in [3.8, 4) is 0 Å². The molecule has 0 aromatic heterocycles. The van der Waals surface area contributed by atoms with E-state index in [-0.39, 0.29) is 12.3 Å². The van der Waals surface area contributed by atoms with Crippen molar-refractivity contribution in [1.29, 1.82) is 0 Å². The number of carboxylic acids is 1. The molecule has 1 fully saturated rings. The van der Waals surface area contributed by atoms with Crippen molar-refractivity contribution in [3.05, 3.63) is 29.3 Å². The molecule has 0 heterocycles. The van der Waals surface area contributed by atoms with Crippen molar-refractivity contribution >= 4 is 11.7 Å². The quantitative estimate of drug-likeness (QED) is 0.854. The Morgan fingerprint density at radius 3 is 2.58 bits per heavy atom. The second-order valence-electron chi connectivity index (χ2n) is 5.68. The van der Waals surface area contributed by atoms with Crippen molar-refractivity contribution in [2.75, 3.05) is 19.0 Å². The highest BCUT2D eigenvalue weighted by molar-refractivity contribution is 5.69. The lowest BCUT2D eigenvalue weighted by Gasteiger charge is -2.24. The van der Waals surface area contributed by atoms with Crippen molar-refractivity contribution in [2.45, 2.75) is 38.5 Å². The SMILES string of the molecule is CCc1ccc(N(C)C)c(C(CC(=O)O)C2CC2)c1. The molecule has 1 unspecified atom stereocenters. The molecule has 0 saturated heterocycles. The number of aliphatic carboxylic acids is 1. The number of aryl methyl sites for hydroxylation is 1. The third-order valence-corrected chi connectivity index (χ3v) is 3.97. The van der Waals surface area contributed by atoms with Gasteiger partial charge < -0.3 is 10.0 Å². The average Bonchev–Trinajstić information content (AvgIpc) is 3.19. The van der Waals surface area contributed by atoms with Crippen LogP contribution in [0, 0.1) is 5.92 Å². The third kappa shape index (κ3) is 3.28. The van der Waals surface area contributed by atoms with Crippen LogP contribution in [0.15, 0.2) is 18.2 Å². The fraction of sp³-hybridized carbons (Fsp3) is 0.562. The van der Waals surface area contributed by atoms with Gasteiger partial charge in [0.05, 0.1) is 6.42 Å². The van der Waals surface area contributed by atoms with Crippen molar-refractivity contribution in [1.82, 2.24) is 0 Å². The summed E-state index contributed by atoms with van der Waals surface area (Å²) in [4.78, 5) is 13.2. The summed E-state index contributed by atoms with van der Waals surface area (Å²) >= 11 is 0. The fourth-order valence-electron chi connectivity index (χ4n) is 2.75. The van der Waals surface area contributed by atoms with Crippen LogP contribution in [-0.2, 0) is 11.2 Å². The summed E-state index contributed by atoms with van der Waals surface area (Å²) in [6.07, 6.45) is 3.58. The van der Waals surface area contributed by atoms with Crippen LogP contribution in [0.4, 0.5) is 5.69 Å². The topological polar surface area (TPSA) is 40.5 Å². The Labute approximate surface area is 115 Å². The van der Waals surface area contributed by atoms with Crippen molar-refractivity contribution in [3.63, 3.8) is 0 Å². The van der Waals surface area contributed by atoms with Gasteiger partial charge in [-0.3, -0.25) is 4.79 Å². The van der Waals surface area contributed by atoms with Crippen molar-refractivity contribution in [2.24, 2.45) is 5.92 Å². The molecule has 1 aromatic rings. The Bertz CT molecular complexity index is 464. The van der Waals surface area contributed by atoms with E-state index in [1.165, 1.54) is 24.0 Å². The van der Waals surface area contributed by atoms with Gasteiger partial charge in [0, 0.05) is 19.8 Å². The first-order valence-corrected chi connectivity index (χ1v) is 7.04. The molecule has 19 heavy (non-hydrogen) atoms. The summed E-state index contributed by atoms with van der Waals surface area (Å²) in [6.45, 7) is 2.14. The highest BCUT2D eigenvalue weighted by Gasteiger charge is 2.35. The van der Waals surface area contributed by atoms with E-state index in [1.54, 1.807) is 0 Å². The van der Waals surface area contributed by atoms with Gasteiger partial charge in [0.2, 0.25) is 0 Å². The molecule has 0 amide bonds. The molecule has 0 aliphatic heterocycles. The summed E-state index contributed by atoms with van der Waals surface area (Å²) in [7, 11) is 4.05. The molecular formula is C16H23NO2. The summed E-state index contributed by atoms with van der Waals surface area (Å²) in [5.41, 5.74) is 3.67. The van der Waals surface area contributed by atoms with Crippen LogP contribution in [0.3, 0.4) is 0 Å².